The lowest BCUT2D eigenvalue weighted by molar-refractivity contribution is -0.134. The molecule has 0 unspecified atom stereocenters. The van der Waals surface area contributed by atoms with E-state index < -0.39 is 21.6 Å². The number of aliphatic carboxylic acids is 1. The molecule has 5 nitrogen and oxygen atoms in total. The van der Waals surface area contributed by atoms with Crippen LogP contribution >= 0.6 is 0 Å². The van der Waals surface area contributed by atoms with Gasteiger partial charge >= 0.3 is 5.97 Å². The van der Waals surface area contributed by atoms with Gasteiger partial charge in [-0.1, -0.05) is 12.1 Å². The number of aliphatic hydroxyl groups is 1. The van der Waals surface area contributed by atoms with E-state index in [1.807, 2.05) is 0 Å². The quantitative estimate of drug-likeness (QED) is 0.765. The van der Waals surface area contributed by atoms with Crippen LogP contribution in [0.3, 0.4) is 0 Å². The monoisotopic (exact) mass is 244 g/mol. The number of carbonyl (C=O) groups is 1. The summed E-state index contributed by atoms with van der Waals surface area (Å²) >= 11 is 0. The number of hydrogen-bond acceptors (Lipinski definition) is 4. The first kappa shape index (κ1) is 12.7. The molecule has 0 fully saturated rings. The number of benzene rings is 1. The molecule has 0 aromatic heterocycles. The van der Waals surface area contributed by atoms with Crippen LogP contribution in [0.2, 0.25) is 0 Å². The predicted molar refractivity (Wildman–Crippen MR) is 56.9 cm³/mol. The van der Waals surface area contributed by atoms with Crippen LogP contribution < -0.4 is 0 Å². The van der Waals surface area contributed by atoms with E-state index >= 15 is 0 Å². The van der Waals surface area contributed by atoms with E-state index in [4.69, 9.17) is 10.2 Å². The maximum absolute atomic E-state index is 11.5. The summed E-state index contributed by atoms with van der Waals surface area (Å²) in [6.45, 7) is -0.0127. The molecule has 0 saturated heterocycles. The molecule has 6 heteroatoms. The highest BCUT2D eigenvalue weighted by Crippen LogP contribution is 2.12. The Hall–Kier alpha value is -1.40. The highest BCUT2D eigenvalue weighted by molar-refractivity contribution is 7.92. The van der Waals surface area contributed by atoms with Gasteiger partial charge in [-0.25, -0.2) is 8.42 Å². The van der Waals surface area contributed by atoms with Crippen LogP contribution in [0.4, 0.5) is 0 Å². The minimum atomic E-state index is -3.75. The standard InChI is InChI=1S/C10H12O5S/c11-6-5-8-1-3-9(4-2-8)16(14,15)7-10(12)13/h1-4,11H,5-7H2,(H,12,13). The summed E-state index contributed by atoms with van der Waals surface area (Å²) in [5.74, 6) is -2.29. The molecule has 0 aliphatic rings. The highest BCUT2D eigenvalue weighted by Gasteiger charge is 2.18. The second-order valence-corrected chi connectivity index (χ2v) is 5.26. The fraction of sp³-hybridized carbons (Fsp3) is 0.300. The van der Waals surface area contributed by atoms with E-state index in [1.165, 1.54) is 12.1 Å². The van der Waals surface area contributed by atoms with Crippen molar-refractivity contribution < 1.29 is 23.4 Å². The number of rotatable bonds is 5. The Bertz CT molecular complexity index is 460. The van der Waals surface area contributed by atoms with Crippen molar-refractivity contribution in [2.75, 3.05) is 12.4 Å². The van der Waals surface area contributed by atoms with Crippen LogP contribution in [0, 0.1) is 0 Å². The number of sulfone groups is 1. The van der Waals surface area contributed by atoms with E-state index in [0.29, 0.717) is 6.42 Å². The first-order valence-electron chi connectivity index (χ1n) is 4.60. The lowest BCUT2D eigenvalue weighted by Gasteiger charge is -2.03. The maximum atomic E-state index is 11.5. The molecule has 2 N–H and O–H groups in total. The first-order chi connectivity index (χ1) is 7.45. The van der Waals surface area contributed by atoms with Gasteiger partial charge in [0.1, 0.15) is 0 Å². The Labute approximate surface area is 93.3 Å². The van der Waals surface area contributed by atoms with Gasteiger partial charge in [-0.05, 0) is 24.1 Å². The molecule has 0 radical (unpaired) electrons. The number of aliphatic hydroxyl groups excluding tert-OH is 1. The SMILES string of the molecule is O=C(O)CS(=O)(=O)c1ccc(CCO)cc1. The Morgan fingerprint density at radius 2 is 1.75 bits per heavy atom. The molecule has 1 aromatic carbocycles. The molecule has 1 rings (SSSR count). The fourth-order valence-electron chi connectivity index (χ4n) is 1.24. The van der Waals surface area contributed by atoms with E-state index in [1.54, 1.807) is 12.1 Å². The van der Waals surface area contributed by atoms with E-state index in [-0.39, 0.29) is 11.5 Å². The molecule has 0 aliphatic heterocycles. The minimum Gasteiger partial charge on any atom is -0.480 e. The number of hydrogen-bond donors (Lipinski definition) is 2. The van der Waals surface area contributed by atoms with E-state index in [0.717, 1.165) is 5.56 Å². The van der Waals surface area contributed by atoms with Crippen molar-refractivity contribution in [1.29, 1.82) is 0 Å². The zero-order valence-corrected chi connectivity index (χ0v) is 9.27. The summed E-state index contributed by atoms with van der Waals surface area (Å²) in [5.41, 5.74) is 0.803. The Kier molecular flexibility index (Phi) is 4.03. The Morgan fingerprint density at radius 1 is 1.19 bits per heavy atom. The average molecular weight is 244 g/mol. The van der Waals surface area contributed by atoms with Crippen LogP contribution in [0.1, 0.15) is 5.56 Å². The van der Waals surface area contributed by atoms with E-state index in [9.17, 15) is 13.2 Å². The fourth-order valence-corrected chi connectivity index (χ4v) is 2.28. The van der Waals surface area contributed by atoms with Crippen molar-refractivity contribution in [3.8, 4) is 0 Å². The normalized spacial score (nSPS) is 11.3. The topological polar surface area (TPSA) is 91.7 Å². The third-order valence-corrected chi connectivity index (χ3v) is 3.61. The summed E-state index contributed by atoms with van der Waals surface area (Å²) in [4.78, 5) is 10.3. The van der Waals surface area contributed by atoms with Crippen molar-refractivity contribution in [3.05, 3.63) is 29.8 Å². The van der Waals surface area contributed by atoms with Gasteiger partial charge in [-0.2, -0.15) is 0 Å². The molecule has 0 amide bonds. The number of carboxylic acid groups (broad SMARTS) is 1. The van der Waals surface area contributed by atoms with Crippen molar-refractivity contribution in [3.63, 3.8) is 0 Å². The molecule has 88 valence electrons. The van der Waals surface area contributed by atoms with Gasteiger partial charge in [-0.3, -0.25) is 4.79 Å². The first-order valence-corrected chi connectivity index (χ1v) is 6.25. The van der Waals surface area contributed by atoms with Crippen molar-refractivity contribution in [2.24, 2.45) is 0 Å². The van der Waals surface area contributed by atoms with E-state index in [2.05, 4.69) is 0 Å². The van der Waals surface area contributed by atoms with Crippen LogP contribution in [-0.2, 0) is 21.1 Å². The third-order valence-electron chi connectivity index (χ3n) is 2.00. The Balaban J connectivity index is 2.93. The van der Waals surface area contributed by atoms with Gasteiger partial charge in [0, 0.05) is 6.61 Å². The van der Waals surface area contributed by atoms with Gasteiger partial charge < -0.3 is 10.2 Å². The second-order valence-electron chi connectivity index (χ2n) is 3.27. The van der Waals surface area contributed by atoms with Crippen molar-refractivity contribution in [1.82, 2.24) is 0 Å². The molecule has 0 aliphatic carbocycles. The summed E-state index contributed by atoms with van der Waals surface area (Å²) in [6, 6.07) is 5.82. The summed E-state index contributed by atoms with van der Waals surface area (Å²) in [6.07, 6.45) is 0.444. The zero-order valence-electron chi connectivity index (χ0n) is 8.46. The largest absolute Gasteiger partial charge is 0.480 e. The minimum absolute atomic E-state index is 0.0127. The van der Waals surface area contributed by atoms with Crippen LogP contribution in [0.25, 0.3) is 0 Å². The molecular weight excluding hydrogens is 232 g/mol. The van der Waals surface area contributed by atoms with Crippen molar-refractivity contribution >= 4 is 15.8 Å². The number of carboxylic acids is 1. The zero-order chi connectivity index (χ0) is 12.2. The maximum Gasteiger partial charge on any atom is 0.319 e. The molecular formula is C10H12O5S. The molecule has 0 spiro atoms. The lowest BCUT2D eigenvalue weighted by atomic mass is 10.2. The summed E-state index contributed by atoms with van der Waals surface area (Å²) in [5, 5.41) is 17.1. The van der Waals surface area contributed by atoms with Crippen molar-refractivity contribution in [2.45, 2.75) is 11.3 Å². The molecule has 0 saturated carbocycles. The predicted octanol–water partition coefficient (Wildman–Crippen LogP) is 0.0797. The van der Waals surface area contributed by atoms with Crippen LogP contribution in [0.5, 0.6) is 0 Å². The molecule has 0 bridgehead atoms. The van der Waals surface area contributed by atoms with Gasteiger partial charge in [0.05, 0.1) is 4.90 Å². The molecule has 16 heavy (non-hydrogen) atoms. The van der Waals surface area contributed by atoms with Gasteiger partial charge in [0.15, 0.2) is 15.6 Å². The Morgan fingerprint density at radius 3 is 2.19 bits per heavy atom. The summed E-state index contributed by atoms with van der Waals surface area (Å²) in [7, 11) is -3.75. The smallest absolute Gasteiger partial charge is 0.319 e. The summed E-state index contributed by atoms with van der Waals surface area (Å²) < 4.78 is 23.0. The van der Waals surface area contributed by atoms with Gasteiger partial charge in [0.2, 0.25) is 0 Å². The van der Waals surface area contributed by atoms with Crippen LogP contribution in [-0.4, -0.2) is 37.0 Å². The molecule has 1 aromatic rings. The third kappa shape index (κ3) is 3.32. The van der Waals surface area contributed by atoms with Gasteiger partial charge in [-0.15, -0.1) is 0 Å². The average Bonchev–Trinajstić information content (AvgIpc) is 2.17. The molecule has 0 heterocycles. The van der Waals surface area contributed by atoms with Crippen LogP contribution in [0.15, 0.2) is 29.2 Å². The van der Waals surface area contributed by atoms with Gasteiger partial charge in [0.25, 0.3) is 0 Å². The second kappa shape index (κ2) is 5.09. The lowest BCUT2D eigenvalue weighted by Crippen LogP contribution is -2.15. The highest BCUT2D eigenvalue weighted by atomic mass is 32.2. The molecule has 0 atom stereocenters.